The lowest BCUT2D eigenvalue weighted by Gasteiger charge is -2.48. The molecular formula is C13H17BrN2OS. The van der Waals surface area contributed by atoms with Crippen LogP contribution in [0, 0.1) is 0 Å². The summed E-state index contributed by atoms with van der Waals surface area (Å²) in [7, 11) is 0. The van der Waals surface area contributed by atoms with Crippen molar-refractivity contribution in [3.05, 3.63) is 20.8 Å². The highest BCUT2D eigenvalue weighted by Crippen LogP contribution is 2.38. The molecule has 98 valence electrons. The normalized spacial score (nSPS) is 25.7. The van der Waals surface area contributed by atoms with Gasteiger partial charge in [0, 0.05) is 11.6 Å². The quantitative estimate of drug-likeness (QED) is 0.876. The fourth-order valence-corrected chi connectivity index (χ4v) is 4.25. The first-order chi connectivity index (χ1) is 8.67. The van der Waals surface area contributed by atoms with Gasteiger partial charge < -0.3 is 10.6 Å². The summed E-state index contributed by atoms with van der Waals surface area (Å²) in [5, 5.41) is 6.81. The Bertz CT molecular complexity index is 456. The summed E-state index contributed by atoms with van der Waals surface area (Å²) < 4.78 is 1.01. The lowest BCUT2D eigenvalue weighted by Crippen LogP contribution is -2.59. The maximum Gasteiger partial charge on any atom is 0.261 e. The predicted octanol–water partition coefficient (Wildman–Crippen LogP) is 2.92. The highest BCUT2D eigenvalue weighted by atomic mass is 79.9. The van der Waals surface area contributed by atoms with Crippen molar-refractivity contribution in [3.63, 3.8) is 0 Å². The lowest BCUT2D eigenvalue weighted by molar-refractivity contribution is 0.0857. The molecule has 5 heteroatoms. The van der Waals surface area contributed by atoms with E-state index in [1.807, 2.05) is 12.1 Å². The van der Waals surface area contributed by atoms with E-state index < -0.39 is 0 Å². The van der Waals surface area contributed by atoms with Gasteiger partial charge in [-0.2, -0.15) is 0 Å². The first-order valence-corrected chi connectivity index (χ1v) is 8.09. The second-order valence-corrected chi connectivity index (χ2v) is 7.79. The van der Waals surface area contributed by atoms with E-state index in [0.717, 1.165) is 28.0 Å². The molecule has 1 aromatic heterocycles. The van der Waals surface area contributed by atoms with Gasteiger partial charge in [-0.3, -0.25) is 4.79 Å². The first-order valence-electron chi connectivity index (χ1n) is 6.48. The Balaban J connectivity index is 1.60. The smallest absolute Gasteiger partial charge is 0.261 e. The van der Waals surface area contributed by atoms with Crippen LogP contribution in [0.15, 0.2) is 15.9 Å². The van der Waals surface area contributed by atoms with Crippen molar-refractivity contribution in [2.45, 2.75) is 43.7 Å². The fourth-order valence-electron chi connectivity index (χ4n) is 2.96. The maximum atomic E-state index is 12.1. The molecule has 1 atom stereocenters. The second kappa shape index (κ2) is 4.94. The van der Waals surface area contributed by atoms with Crippen molar-refractivity contribution in [2.24, 2.45) is 0 Å². The molecule has 1 aliphatic carbocycles. The predicted molar refractivity (Wildman–Crippen MR) is 77.1 cm³/mol. The van der Waals surface area contributed by atoms with E-state index in [1.165, 1.54) is 30.6 Å². The van der Waals surface area contributed by atoms with E-state index in [4.69, 9.17) is 0 Å². The van der Waals surface area contributed by atoms with Crippen molar-refractivity contribution in [1.82, 2.24) is 10.6 Å². The third-order valence-corrected chi connectivity index (χ3v) is 5.70. The van der Waals surface area contributed by atoms with Gasteiger partial charge in [-0.15, -0.1) is 11.3 Å². The summed E-state index contributed by atoms with van der Waals surface area (Å²) in [6, 6.07) is 4.14. The fraction of sp³-hybridized carbons (Fsp3) is 0.615. The molecule has 3 nitrogen and oxygen atoms in total. The number of halogens is 1. The molecule has 2 heterocycles. The Morgan fingerprint density at radius 2 is 2.33 bits per heavy atom. The van der Waals surface area contributed by atoms with Gasteiger partial charge in [-0.1, -0.05) is 0 Å². The SMILES string of the molecule is O=C(NC1CCNC2(CCC2)C1)c1ccc(Br)s1. The van der Waals surface area contributed by atoms with Gasteiger partial charge in [-0.05, 0) is 66.7 Å². The topological polar surface area (TPSA) is 41.1 Å². The Kier molecular flexibility index (Phi) is 3.47. The Morgan fingerprint density at radius 1 is 1.50 bits per heavy atom. The van der Waals surface area contributed by atoms with Crippen molar-refractivity contribution >= 4 is 33.2 Å². The zero-order valence-electron chi connectivity index (χ0n) is 10.2. The van der Waals surface area contributed by atoms with Crippen LogP contribution in [0.2, 0.25) is 0 Å². The van der Waals surface area contributed by atoms with Crippen LogP contribution in [0.25, 0.3) is 0 Å². The van der Waals surface area contributed by atoms with Gasteiger partial charge in [0.1, 0.15) is 0 Å². The van der Waals surface area contributed by atoms with E-state index in [1.54, 1.807) is 0 Å². The summed E-state index contributed by atoms with van der Waals surface area (Å²) in [5.41, 5.74) is 0.340. The maximum absolute atomic E-state index is 12.1. The molecule has 18 heavy (non-hydrogen) atoms. The number of rotatable bonds is 2. The molecule has 1 amide bonds. The molecule has 2 aliphatic rings. The van der Waals surface area contributed by atoms with Crippen LogP contribution in [0.1, 0.15) is 41.8 Å². The van der Waals surface area contributed by atoms with Crippen LogP contribution in [0.5, 0.6) is 0 Å². The third-order valence-electron chi connectivity index (χ3n) is 4.07. The van der Waals surface area contributed by atoms with E-state index in [2.05, 4.69) is 26.6 Å². The molecule has 0 aromatic carbocycles. The summed E-state index contributed by atoms with van der Waals surface area (Å²) in [5.74, 6) is 0.0760. The van der Waals surface area contributed by atoms with E-state index in [9.17, 15) is 4.79 Å². The van der Waals surface area contributed by atoms with Crippen LogP contribution in [0.4, 0.5) is 0 Å². The molecule has 1 aromatic rings. The van der Waals surface area contributed by atoms with Crippen molar-refractivity contribution < 1.29 is 4.79 Å². The van der Waals surface area contributed by atoms with Crippen LogP contribution < -0.4 is 10.6 Å². The monoisotopic (exact) mass is 328 g/mol. The summed E-state index contributed by atoms with van der Waals surface area (Å²) in [6.45, 7) is 1.03. The number of thiophene rings is 1. The second-order valence-electron chi connectivity index (χ2n) is 5.33. The van der Waals surface area contributed by atoms with E-state index >= 15 is 0 Å². The molecule has 1 unspecified atom stereocenters. The van der Waals surface area contributed by atoms with Crippen molar-refractivity contribution in [2.75, 3.05) is 6.54 Å². The van der Waals surface area contributed by atoms with Crippen LogP contribution in [-0.4, -0.2) is 24.0 Å². The van der Waals surface area contributed by atoms with E-state index in [0.29, 0.717) is 11.6 Å². The largest absolute Gasteiger partial charge is 0.348 e. The summed E-state index contributed by atoms with van der Waals surface area (Å²) in [4.78, 5) is 12.9. The summed E-state index contributed by atoms with van der Waals surface area (Å²) in [6.07, 6.45) is 5.99. The van der Waals surface area contributed by atoms with Gasteiger partial charge in [0.2, 0.25) is 0 Å². The standard InChI is InChI=1S/C13H17BrN2OS/c14-11-3-2-10(18-11)12(17)16-9-4-7-15-13(8-9)5-1-6-13/h2-3,9,15H,1,4-8H2,(H,16,17). The number of hydrogen-bond acceptors (Lipinski definition) is 3. The van der Waals surface area contributed by atoms with Crippen LogP contribution in [0.3, 0.4) is 0 Å². The Labute approximate surface area is 119 Å². The minimum absolute atomic E-state index is 0.0760. The molecule has 3 rings (SSSR count). The molecular weight excluding hydrogens is 312 g/mol. The van der Waals surface area contributed by atoms with Crippen LogP contribution in [-0.2, 0) is 0 Å². The molecule has 1 aliphatic heterocycles. The third kappa shape index (κ3) is 2.49. The number of nitrogens with one attached hydrogen (secondary N) is 2. The Hall–Kier alpha value is -0.390. The molecule has 2 N–H and O–H groups in total. The minimum Gasteiger partial charge on any atom is -0.348 e. The summed E-state index contributed by atoms with van der Waals surface area (Å²) >= 11 is 4.89. The highest BCUT2D eigenvalue weighted by molar-refractivity contribution is 9.11. The molecule has 0 radical (unpaired) electrons. The number of hydrogen-bond donors (Lipinski definition) is 2. The van der Waals surface area contributed by atoms with E-state index in [-0.39, 0.29) is 5.91 Å². The number of amides is 1. The average molecular weight is 329 g/mol. The number of carbonyl (C=O) groups excluding carboxylic acids is 1. The highest BCUT2D eigenvalue weighted by Gasteiger charge is 2.41. The van der Waals surface area contributed by atoms with Gasteiger partial charge in [0.05, 0.1) is 8.66 Å². The van der Waals surface area contributed by atoms with Gasteiger partial charge in [-0.25, -0.2) is 0 Å². The molecule has 1 saturated heterocycles. The average Bonchev–Trinajstić information content (AvgIpc) is 2.74. The molecule has 2 fully saturated rings. The van der Waals surface area contributed by atoms with Gasteiger partial charge in [0.15, 0.2) is 0 Å². The van der Waals surface area contributed by atoms with Crippen molar-refractivity contribution in [3.8, 4) is 0 Å². The zero-order chi connectivity index (χ0) is 12.6. The first kappa shape index (κ1) is 12.6. The number of piperidine rings is 1. The van der Waals surface area contributed by atoms with Crippen LogP contribution >= 0.6 is 27.3 Å². The van der Waals surface area contributed by atoms with Crippen molar-refractivity contribution in [1.29, 1.82) is 0 Å². The van der Waals surface area contributed by atoms with Gasteiger partial charge >= 0.3 is 0 Å². The molecule has 0 bridgehead atoms. The Morgan fingerprint density at radius 3 is 2.94 bits per heavy atom. The lowest BCUT2D eigenvalue weighted by atomic mass is 9.70. The zero-order valence-corrected chi connectivity index (χ0v) is 12.6. The minimum atomic E-state index is 0.0760. The molecule has 1 saturated carbocycles. The number of carbonyl (C=O) groups is 1. The van der Waals surface area contributed by atoms with Gasteiger partial charge in [0.25, 0.3) is 5.91 Å². The molecule has 1 spiro atoms.